The van der Waals surface area contributed by atoms with E-state index in [0.717, 1.165) is 4.70 Å². The normalized spacial score (nSPS) is 18.0. The van der Waals surface area contributed by atoms with Gasteiger partial charge in [-0.1, -0.05) is 48.6 Å². The summed E-state index contributed by atoms with van der Waals surface area (Å²) in [7, 11) is 0. The van der Waals surface area contributed by atoms with E-state index in [1.54, 1.807) is 29.2 Å². The van der Waals surface area contributed by atoms with E-state index in [2.05, 4.69) is 0 Å². The van der Waals surface area contributed by atoms with Crippen LogP contribution in [-0.4, -0.2) is 29.9 Å². The van der Waals surface area contributed by atoms with Crippen LogP contribution in [0.5, 0.6) is 5.75 Å². The Labute approximate surface area is 227 Å². The molecule has 194 valence electrons. The van der Waals surface area contributed by atoms with Crippen molar-refractivity contribution in [3.05, 3.63) is 93.8 Å². The number of benzene rings is 3. The highest BCUT2D eigenvalue weighted by atomic mass is 32.1. The standard InChI is InChI=1S/C30H23N3O5S/c1-3-15-32-21-11-7-6-10-19(21)30(28(32)36)24-25(34)18-9-5-8-12-22(18)38-26(24)27(35)33(30)29-31-20-14-13-17(37-4-2)16-23(20)39-29/h5-14,16H,3-4,15H2,1-2H3. The number of para-hydroxylation sites is 2. The van der Waals surface area contributed by atoms with Crippen molar-refractivity contribution in [2.75, 3.05) is 23.0 Å². The zero-order chi connectivity index (χ0) is 26.9. The van der Waals surface area contributed by atoms with E-state index < -0.39 is 16.9 Å². The van der Waals surface area contributed by atoms with Crippen LogP contribution in [0.4, 0.5) is 10.8 Å². The van der Waals surface area contributed by atoms with Crippen LogP contribution in [0.3, 0.4) is 0 Å². The first-order valence-electron chi connectivity index (χ1n) is 12.9. The van der Waals surface area contributed by atoms with Gasteiger partial charge in [-0.25, -0.2) is 4.98 Å². The van der Waals surface area contributed by atoms with Crippen molar-refractivity contribution in [1.29, 1.82) is 0 Å². The molecule has 1 spiro atoms. The van der Waals surface area contributed by atoms with Crippen LogP contribution in [-0.2, 0) is 10.3 Å². The van der Waals surface area contributed by atoms with Gasteiger partial charge < -0.3 is 14.1 Å². The number of aromatic nitrogens is 1. The van der Waals surface area contributed by atoms with Crippen molar-refractivity contribution in [1.82, 2.24) is 4.98 Å². The molecule has 0 saturated carbocycles. The molecule has 1 atom stereocenters. The summed E-state index contributed by atoms with van der Waals surface area (Å²) in [6.07, 6.45) is 0.699. The molecule has 7 rings (SSSR count). The molecule has 1 unspecified atom stereocenters. The molecule has 0 radical (unpaired) electrons. The second-order valence-electron chi connectivity index (χ2n) is 9.52. The number of hydrogen-bond acceptors (Lipinski definition) is 7. The molecule has 0 bridgehead atoms. The molecule has 9 heteroatoms. The van der Waals surface area contributed by atoms with Gasteiger partial charge in [0.1, 0.15) is 11.3 Å². The second-order valence-corrected chi connectivity index (χ2v) is 10.5. The van der Waals surface area contributed by atoms with E-state index in [1.165, 1.54) is 16.2 Å². The van der Waals surface area contributed by atoms with E-state index in [0.29, 0.717) is 58.2 Å². The number of hydrogen-bond donors (Lipinski definition) is 0. The number of thiazole rings is 1. The third kappa shape index (κ3) is 3.04. The quantitative estimate of drug-likeness (QED) is 0.296. The van der Waals surface area contributed by atoms with Crippen molar-refractivity contribution < 1.29 is 18.7 Å². The predicted molar refractivity (Wildman–Crippen MR) is 150 cm³/mol. The van der Waals surface area contributed by atoms with Crippen LogP contribution in [0.1, 0.15) is 41.9 Å². The first-order chi connectivity index (χ1) is 19.0. The Hall–Kier alpha value is -4.50. The fraction of sp³-hybridized carbons (Fsp3) is 0.200. The van der Waals surface area contributed by atoms with Crippen LogP contribution in [0, 0.1) is 0 Å². The summed E-state index contributed by atoms with van der Waals surface area (Å²) in [5.41, 5.74) is 0.0851. The Kier molecular flexibility index (Phi) is 5.15. The first kappa shape index (κ1) is 23.6. The maximum atomic E-state index is 14.6. The van der Waals surface area contributed by atoms with Gasteiger partial charge >= 0.3 is 0 Å². The zero-order valence-corrected chi connectivity index (χ0v) is 22.1. The van der Waals surface area contributed by atoms with Gasteiger partial charge in [0.2, 0.25) is 5.76 Å². The lowest BCUT2D eigenvalue weighted by molar-refractivity contribution is -0.121. The summed E-state index contributed by atoms with van der Waals surface area (Å²) in [6, 6.07) is 19.6. The van der Waals surface area contributed by atoms with E-state index in [9.17, 15) is 14.4 Å². The fourth-order valence-electron chi connectivity index (χ4n) is 5.80. The number of ether oxygens (including phenoxy) is 1. The minimum Gasteiger partial charge on any atom is -0.494 e. The molecule has 2 aliphatic rings. The van der Waals surface area contributed by atoms with Crippen LogP contribution in [0.25, 0.3) is 21.2 Å². The molecule has 2 amide bonds. The van der Waals surface area contributed by atoms with Gasteiger partial charge in [-0.15, -0.1) is 0 Å². The highest BCUT2D eigenvalue weighted by Gasteiger charge is 2.66. The molecule has 3 aromatic carbocycles. The number of fused-ring (bicyclic) bond motifs is 6. The van der Waals surface area contributed by atoms with Crippen LogP contribution < -0.4 is 20.0 Å². The highest BCUT2D eigenvalue weighted by Crippen LogP contribution is 2.54. The molecule has 4 heterocycles. The van der Waals surface area contributed by atoms with Gasteiger partial charge in [-0.05, 0) is 49.7 Å². The van der Waals surface area contributed by atoms with Crippen molar-refractivity contribution in [3.8, 4) is 5.75 Å². The zero-order valence-electron chi connectivity index (χ0n) is 21.3. The van der Waals surface area contributed by atoms with Gasteiger partial charge in [0.05, 0.1) is 33.5 Å². The number of anilines is 2. The smallest absolute Gasteiger partial charge is 0.297 e. The van der Waals surface area contributed by atoms with Gasteiger partial charge in [0, 0.05) is 12.1 Å². The predicted octanol–water partition coefficient (Wildman–Crippen LogP) is 5.46. The third-order valence-electron chi connectivity index (χ3n) is 7.33. The molecule has 5 aromatic rings. The lowest BCUT2D eigenvalue weighted by Crippen LogP contribution is -2.53. The van der Waals surface area contributed by atoms with Crippen molar-refractivity contribution >= 4 is 55.2 Å². The Bertz CT molecular complexity index is 1890. The molecule has 2 aliphatic heterocycles. The summed E-state index contributed by atoms with van der Waals surface area (Å²) in [5, 5.41) is 0.621. The number of rotatable bonds is 5. The third-order valence-corrected chi connectivity index (χ3v) is 8.33. The first-order valence-corrected chi connectivity index (χ1v) is 13.7. The molecule has 2 aromatic heterocycles. The molecule has 0 fully saturated rings. The van der Waals surface area contributed by atoms with E-state index >= 15 is 0 Å². The summed E-state index contributed by atoms with van der Waals surface area (Å²) in [5.74, 6) is -0.382. The Morgan fingerprint density at radius 1 is 1.00 bits per heavy atom. The summed E-state index contributed by atoms with van der Waals surface area (Å²) in [4.78, 5) is 50.9. The molecule has 8 nitrogen and oxygen atoms in total. The molecule has 0 aliphatic carbocycles. The topological polar surface area (TPSA) is 93.0 Å². The maximum Gasteiger partial charge on any atom is 0.297 e. The largest absolute Gasteiger partial charge is 0.494 e. The second kappa shape index (κ2) is 8.51. The van der Waals surface area contributed by atoms with Gasteiger partial charge in [-0.2, -0.15) is 0 Å². The van der Waals surface area contributed by atoms with Crippen molar-refractivity contribution in [3.63, 3.8) is 0 Å². The van der Waals surface area contributed by atoms with Gasteiger partial charge in [-0.3, -0.25) is 19.3 Å². The fourth-order valence-corrected chi connectivity index (χ4v) is 6.85. The summed E-state index contributed by atoms with van der Waals surface area (Å²) < 4.78 is 12.6. The van der Waals surface area contributed by atoms with Crippen molar-refractivity contribution in [2.45, 2.75) is 25.8 Å². The molecule has 39 heavy (non-hydrogen) atoms. The minimum absolute atomic E-state index is 0.0384. The Morgan fingerprint density at radius 2 is 1.79 bits per heavy atom. The monoisotopic (exact) mass is 537 g/mol. The Morgan fingerprint density at radius 3 is 2.62 bits per heavy atom. The summed E-state index contributed by atoms with van der Waals surface area (Å²) >= 11 is 1.27. The lowest BCUT2D eigenvalue weighted by atomic mass is 9.84. The molecule has 0 N–H and O–H groups in total. The van der Waals surface area contributed by atoms with E-state index in [4.69, 9.17) is 14.1 Å². The number of nitrogens with zero attached hydrogens (tertiary/aromatic N) is 3. The van der Waals surface area contributed by atoms with E-state index in [-0.39, 0.29) is 17.2 Å². The Balaban J connectivity index is 1.57. The number of carbonyl (C=O) groups is 2. The van der Waals surface area contributed by atoms with Crippen LogP contribution in [0.2, 0.25) is 0 Å². The lowest BCUT2D eigenvalue weighted by Gasteiger charge is -2.32. The minimum atomic E-state index is -1.74. The SMILES string of the molecule is CCCN1C(=O)C2(c3ccccc31)c1c(oc3ccccc3c1=O)C(=O)N2c1nc2ccc(OCC)cc2s1. The van der Waals surface area contributed by atoms with Gasteiger partial charge in [0.15, 0.2) is 16.1 Å². The average molecular weight is 538 g/mol. The maximum absolute atomic E-state index is 14.6. The van der Waals surface area contributed by atoms with Gasteiger partial charge in [0.25, 0.3) is 11.8 Å². The molecular formula is C30H23N3O5S. The molecular weight excluding hydrogens is 514 g/mol. The molecule has 0 saturated heterocycles. The van der Waals surface area contributed by atoms with Crippen LogP contribution >= 0.6 is 11.3 Å². The number of amides is 2. The van der Waals surface area contributed by atoms with Crippen molar-refractivity contribution in [2.24, 2.45) is 0 Å². The number of carbonyl (C=O) groups excluding carboxylic acids is 2. The van der Waals surface area contributed by atoms with Crippen LogP contribution in [0.15, 0.2) is 75.9 Å². The van der Waals surface area contributed by atoms with E-state index in [1.807, 2.05) is 56.3 Å². The summed E-state index contributed by atoms with van der Waals surface area (Å²) in [6.45, 7) is 4.84. The highest BCUT2D eigenvalue weighted by molar-refractivity contribution is 7.22. The average Bonchev–Trinajstić information content (AvgIpc) is 3.55.